The molecule has 0 N–H and O–H groups in total. The lowest BCUT2D eigenvalue weighted by molar-refractivity contribution is 0.112. The molecular formula is C15H15NO3S. The lowest BCUT2D eigenvalue weighted by atomic mass is 10.2. The summed E-state index contributed by atoms with van der Waals surface area (Å²) in [5, 5.41) is 0. The Balaban J connectivity index is 2.39. The molecule has 2 aromatic rings. The zero-order chi connectivity index (χ0) is 14.5. The van der Waals surface area contributed by atoms with Crippen LogP contribution in [-0.2, 0) is 0 Å². The van der Waals surface area contributed by atoms with Gasteiger partial charge in [-0.25, -0.2) is 0 Å². The number of nitrogens with zero attached hydrogens (tertiary/aromatic N) is 1. The molecule has 0 aliphatic rings. The van der Waals surface area contributed by atoms with Crippen LogP contribution in [0.5, 0.6) is 17.2 Å². The van der Waals surface area contributed by atoms with Gasteiger partial charge in [0.1, 0.15) is 17.2 Å². The summed E-state index contributed by atoms with van der Waals surface area (Å²) in [6, 6.07) is 5.39. The molecule has 0 fully saturated rings. The van der Waals surface area contributed by atoms with Gasteiger partial charge in [-0.05, 0) is 30.9 Å². The van der Waals surface area contributed by atoms with E-state index in [1.54, 1.807) is 31.1 Å². The van der Waals surface area contributed by atoms with Crippen molar-refractivity contribution in [3.8, 4) is 17.2 Å². The highest BCUT2D eigenvalue weighted by molar-refractivity contribution is 7.98. The molecule has 5 heteroatoms. The molecule has 0 atom stereocenters. The predicted octanol–water partition coefficient (Wildman–Crippen LogP) is 3.73. The van der Waals surface area contributed by atoms with Crippen LogP contribution in [0.25, 0.3) is 0 Å². The molecule has 4 nitrogen and oxygen atoms in total. The number of carbonyl (C=O) groups is 1. The van der Waals surface area contributed by atoms with Gasteiger partial charge in [0.2, 0.25) is 0 Å². The molecule has 0 amide bonds. The first-order chi connectivity index (χ1) is 9.69. The topological polar surface area (TPSA) is 48.4 Å². The van der Waals surface area contributed by atoms with E-state index >= 15 is 0 Å². The average molecular weight is 289 g/mol. The van der Waals surface area contributed by atoms with Gasteiger partial charge in [-0.15, -0.1) is 11.8 Å². The Hall–Kier alpha value is -2.01. The lowest BCUT2D eigenvalue weighted by Gasteiger charge is -2.13. The highest BCUT2D eigenvalue weighted by atomic mass is 32.2. The van der Waals surface area contributed by atoms with Crippen molar-refractivity contribution in [3.63, 3.8) is 0 Å². The third kappa shape index (κ3) is 2.93. The lowest BCUT2D eigenvalue weighted by Crippen LogP contribution is -1.94. The molecule has 1 heterocycles. The van der Waals surface area contributed by atoms with Gasteiger partial charge < -0.3 is 9.47 Å². The van der Waals surface area contributed by atoms with E-state index in [1.807, 2.05) is 25.3 Å². The van der Waals surface area contributed by atoms with Crippen LogP contribution in [0.2, 0.25) is 0 Å². The van der Waals surface area contributed by atoms with Gasteiger partial charge in [0, 0.05) is 18.5 Å². The van der Waals surface area contributed by atoms with Crippen molar-refractivity contribution >= 4 is 18.0 Å². The quantitative estimate of drug-likeness (QED) is 0.620. The van der Waals surface area contributed by atoms with E-state index in [0.717, 1.165) is 22.5 Å². The number of carbonyl (C=O) groups excluding carboxylic acids is 1. The molecule has 0 aliphatic carbocycles. The Labute approximate surface area is 122 Å². The van der Waals surface area contributed by atoms with Crippen molar-refractivity contribution in [2.45, 2.75) is 11.8 Å². The first-order valence-electron chi connectivity index (χ1n) is 5.99. The minimum atomic E-state index is 0.415. The SMILES string of the molecule is COc1cc(Oc2ccncc2C=O)cc(C)c1SC. The standard InChI is InChI=1S/C15H15NO3S/c1-10-6-12(7-14(18-2)15(10)20-3)19-13-4-5-16-8-11(13)9-17/h4-9H,1-3H3. The third-order valence-corrected chi connectivity index (χ3v) is 3.73. The molecule has 0 spiro atoms. The van der Waals surface area contributed by atoms with Gasteiger partial charge in [0.15, 0.2) is 6.29 Å². The van der Waals surface area contributed by atoms with Crippen molar-refractivity contribution in [2.24, 2.45) is 0 Å². The third-order valence-electron chi connectivity index (χ3n) is 2.80. The second-order valence-corrected chi connectivity index (χ2v) is 4.93. The number of hydrogen-bond acceptors (Lipinski definition) is 5. The minimum absolute atomic E-state index is 0.415. The Morgan fingerprint density at radius 3 is 2.75 bits per heavy atom. The average Bonchev–Trinajstić information content (AvgIpc) is 2.47. The maximum absolute atomic E-state index is 11.0. The summed E-state index contributed by atoms with van der Waals surface area (Å²) in [4.78, 5) is 15.9. The largest absolute Gasteiger partial charge is 0.495 e. The van der Waals surface area contributed by atoms with E-state index in [9.17, 15) is 4.79 Å². The van der Waals surface area contributed by atoms with E-state index in [0.29, 0.717) is 17.1 Å². The first-order valence-corrected chi connectivity index (χ1v) is 7.21. The highest BCUT2D eigenvalue weighted by Gasteiger charge is 2.11. The number of benzene rings is 1. The second-order valence-electron chi connectivity index (χ2n) is 4.11. The van der Waals surface area contributed by atoms with Crippen molar-refractivity contribution in [1.82, 2.24) is 4.98 Å². The normalized spacial score (nSPS) is 10.2. The van der Waals surface area contributed by atoms with Crippen LogP contribution in [0.15, 0.2) is 35.5 Å². The summed E-state index contributed by atoms with van der Waals surface area (Å²) in [6.07, 6.45) is 5.78. The summed E-state index contributed by atoms with van der Waals surface area (Å²) in [5.74, 6) is 1.87. The van der Waals surface area contributed by atoms with Gasteiger partial charge >= 0.3 is 0 Å². The number of hydrogen-bond donors (Lipinski definition) is 0. The van der Waals surface area contributed by atoms with Gasteiger partial charge in [0.25, 0.3) is 0 Å². The van der Waals surface area contributed by atoms with Crippen molar-refractivity contribution in [2.75, 3.05) is 13.4 Å². The Morgan fingerprint density at radius 2 is 2.10 bits per heavy atom. The van der Waals surface area contributed by atoms with Crippen molar-refractivity contribution in [3.05, 3.63) is 41.7 Å². The summed E-state index contributed by atoms with van der Waals surface area (Å²) in [6.45, 7) is 1.99. The number of ether oxygens (including phenoxy) is 2. The molecule has 0 aliphatic heterocycles. The fraction of sp³-hybridized carbons (Fsp3) is 0.200. The molecule has 1 aromatic heterocycles. The predicted molar refractivity (Wildman–Crippen MR) is 79.2 cm³/mol. The molecule has 0 saturated carbocycles. The van der Waals surface area contributed by atoms with Gasteiger partial charge in [-0.2, -0.15) is 0 Å². The number of aldehydes is 1. The van der Waals surface area contributed by atoms with Crippen LogP contribution >= 0.6 is 11.8 Å². The summed E-state index contributed by atoms with van der Waals surface area (Å²) >= 11 is 1.62. The van der Waals surface area contributed by atoms with E-state index in [4.69, 9.17) is 9.47 Å². The van der Waals surface area contributed by atoms with Crippen molar-refractivity contribution < 1.29 is 14.3 Å². The maximum atomic E-state index is 11.0. The number of pyridine rings is 1. The highest BCUT2D eigenvalue weighted by Crippen LogP contribution is 2.36. The molecule has 0 unspecified atom stereocenters. The Bertz CT molecular complexity index is 629. The Kier molecular flexibility index (Phi) is 4.63. The number of aryl methyl sites for hydroxylation is 1. The fourth-order valence-corrected chi connectivity index (χ4v) is 2.61. The van der Waals surface area contributed by atoms with E-state index in [1.165, 1.54) is 6.20 Å². The maximum Gasteiger partial charge on any atom is 0.155 e. The van der Waals surface area contributed by atoms with Crippen LogP contribution in [0, 0.1) is 6.92 Å². The zero-order valence-corrected chi connectivity index (χ0v) is 12.4. The van der Waals surface area contributed by atoms with E-state index in [2.05, 4.69) is 4.98 Å². The van der Waals surface area contributed by atoms with Gasteiger partial charge in [-0.1, -0.05) is 0 Å². The second kappa shape index (κ2) is 6.43. The van der Waals surface area contributed by atoms with E-state index < -0.39 is 0 Å². The van der Waals surface area contributed by atoms with Gasteiger partial charge in [-0.3, -0.25) is 9.78 Å². The molecule has 2 rings (SSSR count). The number of rotatable bonds is 5. The van der Waals surface area contributed by atoms with Crippen LogP contribution in [0.1, 0.15) is 15.9 Å². The van der Waals surface area contributed by atoms with Crippen LogP contribution in [-0.4, -0.2) is 24.6 Å². The number of aromatic nitrogens is 1. The molecule has 0 radical (unpaired) electrons. The first kappa shape index (κ1) is 14.4. The Morgan fingerprint density at radius 1 is 1.30 bits per heavy atom. The summed E-state index contributed by atoms with van der Waals surface area (Å²) in [7, 11) is 1.63. The number of methoxy groups -OCH3 is 1. The molecule has 1 aromatic carbocycles. The van der Waals surface area contributed by atoms with E-state index in [-0.39, 0.29) is 0 Å². The van der Waals surface area contributed by atoms with Crippen LogP contribution < -0.4 is 9.47 Å². The number of thioether (sulfide) groups is 1. The summed E-state index contributed by atoms with van der Waals surface area (Å²) < 4.78 is 11.1. The zero-order valence-electron chi connectivity index (χ0n) is 11.5. The van der Waals surface area contributed by atoms with Crippen LogP contribution in [0.3, 0.4) is 0 Å². The minimum Gasteiger partial charge on any atom is -0.495 e. The summed E-state index contributed by atoms with van der Waals surface area (Å²) in [5.41, 5.74) is 1.48. The fourth-order valence-electron chi connectivity index (χ4n) is 1.88. The molecule has 104 valence electrons. The van der Waals surface area contributed by atoms with Crippen LogP contribution in [0.4, 0.5) is 0 Å². The smallest absolute Gasteiger partial charge is 0.155 e. The monoisotopic (exact) mass is 289 g/mol. The molecule has 0 bridgehead atoms. The molecular weight excluding hydrogens is 274 g/mol. The molecule has 20 heavy (non-hydrogen) atoms. The van der Waals surface area contributed by atoms with Crippen molar-refractivity contribution in [1.29, 1.82) is 0 Å². The van der Waals surface area contributed by atoms with Gasteiger partial charge in [0.05, 0.1) is 17.6 Å². The molecule has 0 saturated heterocycles.